The number of benzene rings is 2. The molecule has 0 unspecified atom stereocenters. The van der Waals surface area contributed by atoms with E-state index in [0.717, 1.165) is 53.1 Å². The summed E-state index contributed by atoms with van der Waals surface area (Å²) in [5.74, 6) is 1.51. The first kappa shape index (κ1) is 23.7. The number of aromatic nitrogens is 2. The maximum absolute atomic E-state index is 5.82. The Morgan fingerprint density at radius 1 is 1.00 bits per heavy atom. The molecule has 0 radical (unpaired) electrons. The molecule has 6 nitrogen and oxygen atoms in total. The molecule has 0 aliphatic rings. The molecule has 7 heteroatoms. The van der Waals surface area contributed by atoms with Gasteiger partial charge < -0.3 is 20.3 Å². The molecule has 34 heavy (non-hydrogen) atoms. The quantitative estimate of drug-likeness (QED) is 0.253. The zero-order chi connectivity index (χ0) is 23.8. The molecule has 2 aromatic heterocycles. The predicted molar refractivity (Wildman–Crippen MR) is 142 cm³/mol. The number of thiophene rings is 1. The summed E-state index contributed by atoms with van der Waals surface area (Å²) in [5.41, 5.74) is 4.29. The van der Waals surface area contributed by atoms with Gasteiger partial charge in [-0.05, 0) is 81.0 Å². The van der Waals surface area contributed by atoms with Crippen LogP contribution in [0.2, 0.25) is 0 Å². The van der Waals surface area contributed by atoms with E-state index in [0.29, 0.717) is 5.95 Å². The van der Waals surface area contributed by atoms with Gasteiger partial charge in [-0.1, -0.05) is 24.3 Å². The Morgan fingerprint density at radius 2 is 1.85 bits per heavy atom. The van der Waals surface area contributed by atoms with Gasteiger partial charge in [0.15, 0.2) is 0 Å². The first-order valence-electron chi connectivity index (χ1n) is 11.4. The zero-order valence-corrected chi connectivity index (χ0v) is 20.7. The molecule has 0 saturated carbocycles. The Balaban J connectivity index is 1.31. The van der Waals surface area contributed by atoms with Crippen LogP contribution in [0.5, 0.6) is 5.75 Å². The van der Waals surface area contributed by atoms with Crippen molar-refractivity contribution in [3.63, 3.8) is 0 Å². The Kier molecular flexibility index (Phi) is 8.12. The van der Waals surface area contributed by atoms with E-state index in [9.17, 15) is 0 Å². The standard InChI is InChI=1S/C27H31N5OS/c1-20-6-4-7-22(18-20)30-27-28-15-14-24(31-27)25-12-13-26(34-25)29-19-21-8-10-23(11-9-21)33-17-5-16-32(2)3/h4,6-15,18,29H,5,16-17,19H2,1-3H3,(H,28,30,31). The van der Waals surface area contributed by atoms with Crippen molar-refractivity contribution in [3.8, 4) is 16.3 Å². The van der Waals surface area contributed by atoms with Crippen molar-refractivity contribution in [1.29, 1.82) is 0 Å². The molecule has 176 valence electrons. The van der Waals surface area contributed by atoms with E-state index < -0.39 is 0 Å². The summed E-state index contributed by atoms with van der Waals surface area (Å²) in [7, 11) is 4.15. The number of anilines is 3. The molecule has 0 aliphatic heterocycles. The van der Waals surface area contributed by atoms with Crippen LogP contribution < -0.4 is 15.4 Å². The maximum Gasteiger partial charge on any atom is 0.227 e. The lowest BCUT2D eigenvalue weighted by Crippen LogP contribution is -2.15. The minimum atomic E-state index is 0.593. The second-order valence-corrected chi connectivity index (χ2v) is 9.51. The summed E-state index contributed by atoms with van der Waals surface area (Å²) in [4.78, 5) is 12.3. The minimum Gasteiger partial charge on any atom is -0.494 e. The molecule has 0 bridgehead atoms. The molecule has 0 saturated heterocycles. The molecular formula is C27H31N5OS. The van der Waals surface area contributed by atoms with Crippen LogP contribution in [-0.4, -0.2) is 42.1 Å². The average Bonchev–Trinajstić information content (AvgIpc) is 3.31. The highest BCUT2D eigenvalue weighted by molar-refractivity contribution is 7.19. The van der Waals surface area contributed by atoms with Gasteiger partial charge in [0, 0.05) is 25.0 Å². The van der Waals surface area contributed by atoms with E-state index in [-0.39, 0.29) is 0 Å². The van der Waals surface area contributed by atoms with Gasteiger partial charge in [-0.3, -0.25) is 0 Å². The zero-order valence-electron chi connectivity index (χ0n) is 19.9. The first-order chi connectivity index (χ1) is 16.5. The number of nitrogens with one attached hydrogen (secondary N) is 2. The molecule has 2 heterocycles. The highest BCUT2D eigenvalue weighted by Crippen LogP contribution is 2.31. The lowest BCUT2D eigenvalue weighted by atomic mass is 10.2. The van der Waals surface area contributed by atoms with Gasteiger partial charge in [0.25, 0.3) is 0 Å². The molecule has 0 spiro atoms. The Hall–Kier alpha value is -3.42. The van der Waals surface area contributed by atoms with Gasteiger partial charge in [0.1, 0.15) is 5.75 Å². The lowest BCUT2D eigenvalue weighted by molar-refractivity contribution is 0.281. The summed E-state index contributed by atoms with van der Waals surface area (Å²) in [6.07, 6.45) is 2.81. The molecular weight excluding hydrogens is 442 g/mol. The van der Waals surface area contributed by atoms with E-state index in [4.69, 9.17) is 9.72 Å². The van der Waals surface area contributed by atoms with Crippen LogP contribution in [0.4, 0.5) is 16.6 Å². The van der Waals surface area contributed by atoms with Gasteiger partial charge >= 0.3 is 0 Å². The molecule has 0 atom stereocenters. The van der Waals surface area contributed by atoms with Gasteiger partial charge in [0.05, 0.1) is 22.2 Å². The Morgan fingerprint density at radius 3 is 2.65 bits per heavy atom. The van der Waals surface area contributed by atoms with E-state index in [1.807, 2.05) is 30.3 Å². The number of rotatable bonds is 11. The van der Waals surface area contributed by atoms with Crippen LogP contribution in [0.3, 0.4) is 0 Å². The first-order valence-corrected chi connectivity index (χ1v) is 12.2. The third kappa shape index (κ3) is 7.04. The van der Waals surface area contributed by atoms with Crippen LogP contribution in [0, 0.1) is 6.92 Å². The number of hydrogen-bond acceptors (Lipinski definition) is 7. The maximum atomic E-state index is 5.82. The number of aryl methyl sites for hydroxylation is 1. The average molecular weight is 474 g/mol. The second-order valence-electron chi connectivity index (χ2n) is 8.43. The second kappa shape index (κ2) is 11.6. The fourth-order valence-corrected chi connectivity index (χ4v) is 4.31. The predicted octanol–water partition coefficient (Wildman–Crippen LogP) is 6.20. The SMILES string of the molecule is Cc1cccc(Nc2nccc(-c3ccc(NCc4ccc(OCCCN(C)C)cc4)s3)n2)c1. The molecule has 0 aliphatic carbocycles. The molecule has 2 N–H and O–H groups in total. The summed E-state index contributed by atoms with van der Waals surface area (Å²) in [5, 5.41) is 7.90. The fraction of sp³-hybridized carbons (Fsp3) is 0.259. The highest BCUT2D eigenvalue weighted by atomic mass is 32.1. The molecule has 0 amide bonds. The normalized spacial score (nSPS) is 10.9. The monoisotopic (exact) mass is 473 g/mol. The van der Waals surface area contributed by atoms with Crippen LogP contribution in [0.25, 0.3) is 10.6 Å². The molecule has 2 aromatic carbocycles. The third-order valence-electron chi connectivity index (χ3n) is 5.20. The molecule has 4 aromatic rings. The van der Waals surface area contributed by atoms with Crippen molar-refractivity contribution in [1.82, 2.24) is 14.9 Å². The highest BCUT2D eigenvalue weighted by Gasteiger charge is 2.07. The number of nitrogens with zero attached hydrogens (tertiary/aromatic N) is 3. The smallest absolute Gasteiger partial charge is 0.227 e. The van der Waals surface area contributed by atoms with Gasteiger partial charge in [-0.2, -0.15) is 0 Å². The fourth-order valence-electron chi connectivity index (χ4n) is 3.44. The summed E-state index contributed by atoms with van der Waals surface area (Å²) < 4.78 is 5.82. The largest absolute Gasteiger partial charge is 0.494 e. The minimum absolute atomic E-state index is 0.593. The summed E-state index contributed by atoms with van der Waals surface area (Å²) in [6.45, 7) is 4.59. The molecule has 4 rings (SSSR count). The number of ether oxygens (including phenoxy) is 1. The van der Waals surface area contributed by atoms with E-state index in [1.54, 1.807) is 17.5 Å². The van der Waals surface area contributed by atoms with Crippen molar-refractivity contribution >= 4 is 28.0 Å². The van der Waals surface area contributed by atoms with Gasteiger partial charge in [-0.15, -0.1) is 11.3 Å². The van der Waals surface area contributed by atoms with Crippen molar-refractivity contribution in [2.75, 3.05) is 37.9 Å². The van der Waals surface area contributed by atoms with Crippen LogP contribution in [-0.2, 0) is 6.54 Å². The van der Waals surface area contributed by atoms with Gasteiger partial charge in [-0.25, -0.2) is 9.97 Å². The van der Waals surface area contributed by atoms with Crippen molar-refractivity contribution in [2.45, 2.75) is 19.9 Å². The summed E-state index contributed by atoms with van der Waals surface area (Å²) >= 11 is 1.68. The van der Waals surface area contributed by atoms with Gasteiger partial charge in [0.2, 0.25) is 5.95 Å². The van der Waals surface area contributed by atoms with E-state index in [1.165, 1.54) is 11.1 Å². The third-order valence-corrected chi connectivity index (χ3v) is 6.26. The Bertz CT molecular complexity index is 1190. The van der Waals surface area contributed by atoms with Crippen molar-refractivity contribution in [2.24, 2.45) is 0 Å². The van der Waals surface area contributed by atoms with Crippen LogP contribution >= 0.6 is 11.3 Å². The summed E-state index contributed by atoms with van der Waals surface area (Å²) in [6, 6.07) is 22.6. The topological polar surface area (TPSA) is 62.3 Å². The lowest BCUT2D eigenvalue weighted by Gasteiger charge is -2.11. The van der Waals surface area contributed by atoms with Crippen LogP contribution in [0.1, 0.15) is 17.5 Å². The van der Waals surface area contributed by atoms with Crippen molar-refractivity contribution < 1.29 is 4.74 Å². The van der Waals surface area contributed by atoms with Crippen LogP contribution in [0.15, 0.2) is 72.9 Å². The van der Waals surface area contributed by atoms with Crippen molar-refractivity contribution in [3.05, 3.63) is 84.1 Å². The number of hydrogen-bond donors (Lipinski definition) is 2. The van der Waals surface area contributed by atoms with E-state index >= 15 is 0 Å². The van der Waals surface area contributed by atoms with E-state index in [2.05, 4.69) is 77.9 Å². The molecule has 0 fully saturated rings. The Labute approximate surface area is 205 Å².